The van der Waals surface area contributed by atoms with E-state index in [9.17, 15) is 10.2 Å². The molecule has 0 aliphatic carbocycles. The molecule has 1 aromatic carbocycles. The first kappa shape index (κ1) is 8.51. The normalized spacial score (nSPS) is 19.6. The maximum Gasteiger partial charge on any atom is 0.165 e. The van der Waals surface area contributed by atoms with Crippen molar-refractivity contribution in [2.24, 2.45) is 0 Å². The molecule has 0 radical (unpaired) electrons. The van der Waals surface area contributed by atoms with E-state index in [0.717, 1.165) is 5.56 Å². The van der Waals surface area contributed by atoms with Gasteiger partial charge in [-0.1, -0.05) is 0 Å². The second-order valence-corrected chi connectivity index (χ2v) is 3.36. The maximum absolute atomic E-state index is 9.40. The Balaban J connectivity index is 2.40. The molecular formula is C9H9ClO3. The van der Waals surface area contributed by atoms with E-state index in [4.69, 9.17) is 16.3 Å². The van der Waals surface area contributed by atoms with Crippen LogP contribution in [0.4, 0.5) is 0 Å². The fourth-order valence-electron chi connectivity index (χ4n) is 1.48. The number of rotatable bonds is 1. The van der Waals surface area contributed by atoms with Gasteiger partial charge in [0, 0.05) is 18.1 Å². The Morgan fingerprint density at radius 3 is 2.92 bits per heavy atom. The molecule has 3 nitrogen and oxygen atoms in total. The number of hydrogen-bond donors (Lipinski definition) is 2. The Bertz CT molecular complexity index is 338. The van der Waals surface area contributed by atoms with E-state index in [0.29, 0.717) is 18.1 Å². The van der Waals surface area contributed by atoms with Crippen molar-refractivity contribution in [2.45, 2.75) is 12.5 Å². The van der Waals surface area contributed by atoms with Gasteiger partial charge in [-0.25, -0.2) is 0 Å². The highest BCUT2D eigenvalue weighted by Gasteiger charge is 2.25. The van der Waals surface area contributed by atoms with Gasteiger partial charge in [-0.05, 0) is 6.07 Å². The van der Waals surface area contributed by atoms with Crippen molar-refractivity contribution in [3.63, 3.8) is 0 Å². The molecule has 70 valence electrons. The molecule has 1 atom stereocenters. The SMILES string of the molecule is Oc1cc(O)c2c(c1)CC(CCl)O2. The standard InChI is InChI=1S/C9H9ClO3/c10-4-7-2-5-1-6(11)3-8(12)9(5)13-7/h1,3,7,11-12H,2,4H2. The minimum absolute atomic E-state index is 0.0254. The lowest BCUT2D eigenvalue weighted by Crippen LogP contribution is -2.13. The maximum atomic E-state index is 9.40. The average molecular weight is 201 g/mol. The van der Waals surface area contributed by atoms with Crippen LogP contribution >= 0.6 is 11.6 Å². The molecule has 2 N–H and O–H groups in total. The molecule has 1 aliphatic heterocycles. The van der Waals surface area contributed by atoms with Crippen molar-refractivity contribution < 1.29 is 14.9 Å². The molecule has 0 bridgehead atoms. The first-order valence-electron chi connectivity index (χ1n) is 3.98. The molecule has 2 rings (SSSR count). The Morgan fingerprint density at radius 1 is 1.46 bits per heavy atom. The third kappa shape index (κ3) is 1.40. The zero-order chi connectivity index (χ0) is 9.42. The summed E-state index contributed by atoms with van der Waals surface area (Å²) < 4.78 is 5.35. The van der Waals surface area contributed by atoms with E-state index < -0.39 is 0 Å². The van der Waals surface area contributed by atoms with Crippen LogP contribution in [0.25, 0.3) is 0 Å². The molecular weight excluding hydrogens is 192 g/mol. The highest BCUT2D eigenvalue weighted by molar-refractivity contribution is 6.18. The number of phenols is 2. The van der Waals surface area contributed by atoms with Crippen LogP contribution in [-0.2, 0) is 6.42 Å². The molecule has 1 unspecified atom stereocenters. The molecule has 0 saturated carbocycles. The number of alkyl halides is 1. The summed E-state index contributed by atoms with van der Waals surface area (Å²) in [6, 6.07) is 2.84. The fourth-order valence-corrected chi connectivity index (χ4v) is 1.66. The summed E-state index contributed by atoms with van der Waals surface area (Å²) in [5.41, 5.74) is 0.808. The third-order valence-corrected chi connectivity index (χ3v) is 2.38. The monoisotopic (exact) mass is 200 g/mol. The molecule has 0 amide bonds. The summed E-state index contributed by atoms with van der Waals surface area (Å²) in [5, 5.41) is 18.6. The van der Waals surface area contributed by atoms with Crippen molar-refractivity contribution in [1.29, 1.82) is 0 Å². The lowest BCUT2D eigenvalue weighted by molar-refractivity contribution is 0.248. The van der Waals surface area contributed by atoms with E-state index in [1.54, 1.807) is 6.07 Å². The van der Waals surface area contributed by atoms with Crippen molar-refractivity contribution in [1.82, 2.24) is 0 Å². The number of fused-ring (bicyclic) bond motifs is 1. The lowest BCUT2D eigenvalue weighted by atomic mass is 10.1. The van der Waals surface area contributed by atoms with Crippen molar-refractivity contribution >= 4 is 11.6 Å². The van der Waals surface area contributed by atoms with Gasteiger partial charge in [-0.2, -0.15) is 0 Å². The molecule has 4 heteroatoms. The quantitative estimate of drug-likeness (QED) is 0.678. The average Bonchev–Trinajstić information content (AvgIpc) is 2.47. The molecule has 1 aliphatic rings. The summed E-state index contributed by atoms with van der Waals surface area (Å²) in [6.07, 6.45) is 0.546. The molecule has 0 saturated heterocycles. The highest BCUT2D eigenvalue weighted by Crippen LogP contribution is 2.40. The fraction of sp³-hybridized carbons (Fsp3) is 0.333. The first-order chi connectivity index (χ1) is 6.20. The Kier molecular flexibility index (Phi) is 1.96. The summed E-state index contributed by atoms with van der Waals surface area (Å²) in [7, 11) is 0. The Morgan fingerprint density at radius 2 is 2.23 bits per heavy atom. The number of aromatic hydroxyl groups is 2. The Hall–Kier alpha value is -1.09. The van der Waals surface area contributed by atoms with Gasteiger partial charge in [0.15, 0.2) is 11.5 Å². The van der Waals surface area contributed by atoms with Crippen LogP contribution in [0.5, 0.6) is 17.2 Å². The van der Waals surface area contributed by atoms with E-state index >= 15 is 0 Å². The van der Waals surface area contributed by atoms with Crippen LogP contribution in [0.3, 0.4) is 0 Å². The molecule has 13 heavy (non-hydrogen) atoms. The van der Waals surface area contributed by atoms with Gasteiger partial charge in [-0.15, -0.1) is 11.6 Å². The van der Waals surface area contributed by atoms with Crippen LogP contribution in [0.2, 0.25) is 0 Å². The third-order valence-electron chi connectivity index (χ3n) is 2.04. The van der Waals surface area contributed by atoms with Gasteiger partial charge in [-0.3, -0.25) is 0 Å². The van der Waals surface area contributed by atoms with E-state index in [-0.39, 0.29) is 17.6 Å². The predicted octanol–water partition coefficient (Wildman–Crippen LogP) is 1.64. The molecule has 0 fully saturated rings. The van der Waals surface area contributed by atoms with Gasteiger partial charge in [0.05, 0.1) is 5.88 Å². The van der Waals surface area contributed by atoms with Crippen LogP contribution < -0.4 is 4.74 Å². The van der Waals surface area contributed by atoms with E-state index in [1.165, 1.54) is 6.07 Å². The first-order valence-corrected chi connectivity index (χ1v) is 4.51. The lowest BCUT2D eigenvalue weighted by Gasteiger charge is -2.06. The second kappa shape index (κ2) is 3.00. The largest absolute Gasteiger partial charge is 0.508 e. The molecule has 1 aromatic rings. The van der Waals surface area contributed by atoms with Crippen molar-refractivity contribution in [3.8, 4) is 17.2 Å². The summed E-state index contributed by atoms with van der Waals surface area (Å²) in [4.78, 5) is 0. The number of hydrogen-bond acceptors (Lipinski definition) is 3. The minimum atomic E-state index is -0.0932. The van der Waals surface area contributed by atoms with Gasteiger partial charge < -0.3 is 14.9 Å². The zero-order valence-electron chi connectivity index (χ0n) is 6.83. The number of phenolic OH excluding ortho intramolecular Hbond substituents is 2. The van der Waals surface area contributed by atoms with E-state index in [2.05, 4.69) is 0 Å². The van der Waals surface area contributed by atoms with Gasteiger partial charge >= 0.3 is 0 Å². The van der Waals surface area contributed by atoms with Gasteiger partial charge in [0.2, 0.25) is 0 Å². The number of benzene rings is 1. The summed E-state index contributed by atoms with van der Waals surface area (Å²) >= 11 is 5.62. The van der Waals surface area contributed by atoms with E-state index in [1.807, 2.05) is 0 Å². The van der Waals surface area contributed by atoms with Crippen LogP contribution in [0.1, 0.15) is 5.56 Å². The highest BCUT2D eigenvalue weighted by atomic mass is 35.5. The summed E-state index contributed by atoms with van der Waals surface area (Å²) in [5.74, 6) is 0.857. The number of halogens is 1. The predicted molar refractivity (Wildman–Crippen MR) is 48.6 cm³/mol. The smallest absolute Gasteiger partial charge is 0.165 e. The summed E-state index contributed by atoms with van der Waals surface area (Å²) in [6.45, 7) is 0. The molecule has 1 heterocycles. The van der Waals surface area contributed by atoms with Crippen molar-refractivity contribution in [3.05, 3.63) is 17.7 Å². The van der Waals surface area contributed by atoms with Crippen LogP contribution in [0.15, 0.2) is 12.1 Å². The minimum Gasteiger partial charge on any atom is -0.508 e. The van der Waals surface area contributed by atoms with Gasteiger partial charge in [0.25, 0.3) is 0 Å². The van der Waals surface area contributed by atoms with Crippen LogP contribution in [-0.4, -0.2) is 22.2 Å². The van der Waals surface area contributed by atoms with Crippen molar-refractivity contribution in [2.75, 3.05) is 5.88 Å². The van der Waals surface area contributed by atoms with Gasteiger partial charge in [0.1, 0.15) is 11.9 Å². The molecule has 0 spiro atoms. The molecule has 0 aromatic heterocycles. The second-order valence-electron chi connectivity index (χ2n) is 3.05. The number of ether oxygens (including phenoxy) is 1. The zero-order valence-corrected chi connectivity index (χ0v) is 7.58. The topological polar surface area (TPSA) is 49.7 Å². The van der Waals surface area contributed by atoms with Crippen LogP contribution in [0, 0.1) is 0 Å². The Labute approximate surface area is 80.5 Å².